The lowest BCUT2D eigenvalue weighted by molar-refractivity contribution is -0.149. The van der Waals surface area contributed by atoms with Crippen molar-refractivity contribution in [1.29, 1.82) is 0 Å². The average Bonchev–Trinajstić information content (AvgIpc) is 2.84. The maximum Gasteiger partial charge on any atom is 0.308 e. The lowest BCUT2D eigenvalue weighted by Gasteiger charge is -2.27. The molecule has 2 amide bonds. The molecule has 7 nitrogen and oxygen atoms in total. The van der Waals surface area contributed by atoms with Crippen molar-refractivity contribution in [3.05, 3.63) is 63.6 Å². The molecular formula is C25H28Cl2N2O5. The van der Waals surface area contributed by atoms with E-state index in [0.717, 1.165) is 25.7 Å². The number of carbonyl (C=O) groups is 3. The Hall–Kier alpha value is -2.77. The van der Waals surface area contributed by atoms with Gasteiger partial charge in [0.15, 0.2) is 0 Å². The first-order valence-corrected chi connectivity index (χ1v) is 12.1. The summed E-state index contributed by atoms with van der Waals surface area (Å²) < 4.78 is 11.1. The molecule has 0 aliphatic heterocycles. The SMILES string of the molecule is CCOC(=O)[C@H]1CC[C@@H](Oc2ccc(C(=O)NCCNC(=O)c3ccc(Cl)c(Cl)c3)cc2)CC1. The minimum atomic E-state index is -0.300. The van der Waals surface area contributed by atoms with E-state index in [1.54, 1.807) is 36.4 Å². The lowest BCUT2D eigenvalue weighted by Crippen LogP contribution is -2.34. The summed E-state index contributed by atoms with van der Waals surface area (Å²) in [5.74, 6) is -0.0224. The Morgan fingerprint density at radius 1 is 0.853 bits per heavy atom. The Kier molecular flexibility index (Phi) is 9.60. The molecule has 2 N–H and O–H groups in total. The van der Waals surface area contributed by atoms with Crippen LogP contribution in [0.2, 0.25) is 10.0 Å². The van der Waals surface area contributed by atoms with Crippen molar-refractivity contribution >= 4 is 41.0 Å². The summed E-state index contributed by atoms with van der Waals surface area (Å²) in [6.07, 6.45) is 3.14. The van der Waals surface area contributed by atoms with Crippen LogP contribution in [-0.2, 0) is 9.53 Å². The summed E-state index contributed by atoms with van der Waals surface area (Å²) in [5, 5.41) is 6.17. The zero-order valence-electron chi connectivity index (χ0n) is 18.9. The number of carbonyl (C=O) groups excluding carboxylic acids is 3. The first-order chi connectivity index (χ1) is 16.4. The van der Waals surface area contributed by atoms with E-state index in [0.29, 0.717) is 33.5 Å². The first kappa shape index (κ1) is 25.8. The van der Waals surface area contributed by atoms with E-state index < -0.39 is 0 Å². The van der Waals surface area contributed by atoms with Crippen LogP contribution in [0.15, 0.2) is 42.5 Å². The number of benzene rings is 2. The van der Waals surface area contributed by atoms with Crippen molar-refractivity contribution in [1.82, 2.24) is 10.6 Å². The van der Waals surface area contributed by atoms with Crippen molar-refractivity contribution in [2.24, 2.45) is 5.92 Å². The van der Waals surface area contributed by atoms with E-state index in [-0.39, 0.29) is 42.9 Å². The van der Waals surface area contributed by atoms with E-state index in [1.165, 1.54) is 6.07 Å². The molecule has 3 rings (SSSR count). The number of ether oxygens (including phenoxy) is 2. The molecule has 0 atom stereocenters. The van der Waals surface area contributed by atoms with Gasteiger partial charge in [0.25, 0.3) is 11.8 Å². The van der Waals surface area contributed by atoms with E-state index in [2.05, 4.69) is 10.6 Å². The Morgan fingerprint density at radius 2 is 1.44 bits per heavy atom. The number of halogens is 2. The molecule has 1 aliphatic carbocycles. The highest BCUT2D eigenvalue weighted by Gasteiger charge is 2.28. The maximum atomic E-state index is 12.4. The van der Waals surface area contributed by atoms with Gasteiger partial charge in [-0.25, -0.2) is 0 Å². The van der Waals surface area contributed by atoms with Crippen LogP contribution < -0.4 is 15.4 Å². The predicted molar refractivity (Wildman–Crippen MR) is 131 cm³/mol. The third-order valence-electron chi connectivity index (χ3n) is 5.59. The van der Waals surface area contributed by atoms with E-state index in [4.69, 9.17) is 32.7 Å². The topological polar surface area (TPSA) is 93.7 Å². The first-order valence-electron chi connectivity index (χ1n) is 11.3. The Bertz CT molecular complexity index is 1000. The van der Waals surface area contributed by atoms with Gasteiger partial charge in [-0.2, -0.15) is 0 Å². The van der Waals surface area contributed by atoms with Crippen LogP contribution in [0.5, 0.6) is 5.75 Å². The highest BCUT2D eigenvalue weighted by molar-refractivity contribution is 6.42. The number of hydrogen-bond acceptors (Lipinski definition) is 5. The Labute approximate surface area is 209 Å². The summed E-state index contributed by atoms with van der Waals surface area (Å²) in [5.41, 5.74) is 0.889. The number of esters is 1. The van der Waals surface area contributed by atoms with Crippen molar-refractivity contribution in [3.63, 3.8) is 0 Å². The second-order valence-electron chi connectivity index (χ2n) is 8.01. The van der Waals surface area contributed by atoms with Gasteiger partial charge in [0.2, 0.25) is 0 Å². The minimum absolute atomic E-state index is 0.0420. The van der Waals surface area contributed by atoms with Gasteiger partial charge in [-0.05, 0) is 75.1 Å². The fourth-order valence-electron chi connectivity index (χ4n) is 3.75. The third-order valence-corrected chi connectivity index (χ3v) is 6.33. The molecule has 0 radical (unpaired) electrons. The molecule has 9 heteroatoms. The molecule has 1 saturated carbocycles. The second-order valence-corrected chi connectivity index (χ2v) is 8.82. The molecule has 2 aromatic carbocycles. The largest absolute Gasteiger partial charge is 0.490 e. The molecule has 34 heavy (non-hydrogen) atoms. The Morgan fingerprint density at radius 3 is 2.03 bits per heavy atom. The van der Waals surface area contributed by atoms with E-state index >= 15 is 0 Å². The van der Waals surface area contributed by atoms with Crippen LogP contribution >= 0.6 is 23.2 Å². The standard InChI is InChI=1S/C25H28Cl2N2O5/c1-2-33-25(32)17-5-10-20(11-6-17)34-19-8-3-16(4-9-19)23(30)28-13-14-29-24(31)18-7-12-21(26)22(27)15-18/h3-4,7-9,12,15,17,20H,2,5-6,10-11,13-14H2,1H3,(H,28,30)(H,29,31)/t17-,20+. The van der Waals surface area contributed by atoms with E-state index in [9.17, 15) is 14.4 Å². The molecule has 0 bridgehead atoms. The third kappa shape index (κ3) is 7.37. The van der Waals surface area contributed by atoms with Gasteiger partial charge in [-0.15, -0.1) is 0 Å². The maximum absolute atomic E-state index is 12.4. The highest BCUT2D eigenvalue weighted by atomic mass is 35.5. The molecule has 1 fully saturated rings. The van der Waals surface area contributed by atoms with Gasteiger partial charge in [0.05, 0.1) is 28.7 Å². The lowest BCUT2D eigenvalue weighted by atomic mass is 9.87. The zero-order chi connectivity index (χ0) is 24.5. The van der Waals surface area contributed by atoms with Crippen molar-refractivity contribution < 1.29 is 23.9 Å². The smallest absolute Gasteiger partial charge is 0.308 e. The van der Waals surface area contributed by atoms with Gasteiger partial charge in [-0.3, -0.25) is 14.4 Å². The molecule has 0 saturated heterocycles. The van der Waals surface area contributed by atoms with Crippen molar-refractivity contribution in [2.45, 2.75) is 38.7 Å². The number of nitrogens with one attached hydrogen (secondary N) is 2. The number of hydrogen-bond donors (Lipinski definition) is 2. The minimum Gasteiger partial charge on any atom is -0.490 e. The average molecular weight is 507 g/mol. The van der Waals surface area contributed by atoms with Crippen LogP contribution in [0, 0.1) is 5.92 Å². The number of rotatable bonds is 9. The molecule has 0 spiro atoms. The second kappa shape index (κ2) is 12.6. The highest BCUT2D eigenvalue weighted by Crippen LogP contribution is 2.28. The fraction of sp³-hybridized carbons (Fsp3) is 0.400. The van der Waals surface area contributed by atoms with Crippen molar-refractivity contribution in [3.8, 4) is 5.75 Å². The molecule has 0 aromatic heterocycles. The zero-order valence-corrected chi connectivity index (χ0v) is 20.5. The molecular weight excluding hydrogens is 479 g/mol. The monoisotopic (exact) mass is 506 g/mol. The van der Waals surface area contributed by atoms with Gasteiger partial charge in [-0.1, -0.05) is 23.2 Å². The Balaban J connectivity index is 1.38. The van der Waals surface area contributed by atoms with Gasteiger partial charge in [0.1, 0.15) is 5.75 Å². The fourth-order valence-corrected chi connectivity index (χ4v) is 4.05. The van der Waals surface area contributed by atoms with Crippen LogP contribution in [0.3, 0.4) is 0 Å². The van der Waals surface area contributed by atoms with Crippen LogP contribution in [-0.4, -0.2) is 43.6 Å². The number of amides is 2. The molecule has 0 heterocycles. The summed E-state index contributed by atoms with van der Waals surface area (Å²) in [4.78, 5) is 36.3. The molecule has 0 unspecified atom stereocenters. The summed E-state index contributed by atoms with van der Waals surface area (Å²) in [6, 6.07) is 11.6. The van der Waals surface area contributed by atoms with Crippen LogP contribution in [0.25, 0.3) is 0 Å². The van der Waals surface area contributed by atoms with Crippen LogP contribution in [0.1, 0.15) is 53.3 Å². The van der Waals surface area contributed by atoms with E-state index in [1.807, 2.05) is 6.92 Å². The van der Waals surface area contributed by atoms with Gasteiger partial charge in [0, 0.05) is 24.2 Å². The summed E-state index contributed by atoms with van der Waals surface area (Å²) >= 11 is 11.8. The molecule has 1 aliphatic rings. The molecule has 182 valence electrons. The summed E-state index contributed by atoms with van der Waals surface area (Å²) in [6.45, 7) is 2.75. The normalized spacial score (nSPS) is 17.5. The predicted octanol–water partition coefficient (Wildman–Crippen LogP) is 4.65. The quantitative estimate of drug-likeness (QED) is 0.381. The van der Waals surface area contributed by atoms with Crippen molar-refractivity contribution in [2.75, 3.05) is 19.7 Å². The van der Waals surface area contributed by atoms with Gasteiger partial charge < -0.3 is 20.1 Å². The van der Waals surface area contributed by atoms with Gasteiger partial charge >= 0.3 is 5.97 Å². The van der Waals surface area contributed by atoms with Crippen LogP contribution in [0.4, 0.5) is 0 Å². The summed E-state index contributed by atoms with van der Waals surface area (Å²) in [7, 11) is 0. The molecule has 2 aromatic rings.